The van der Waals surface area contributed by atoms with E-state index in [1.807, 2.05) is 0 Å². The van der Waals surface area contributed by atoms with Crippen molar-refractivity contribution in [1.29, 1.82) is 0 Å². The SMILES string of the molecule is Cc1ccc(Br)c(C(N)c2cc(C)c(Br)s2)c1. The van der Waals surface area contributed by atoms with Gasteiger partial charge in [-0.3, -0.25) is 0 Å². The van der Waals surface area contributed by atoms with Crippen LogP contribution in [0.2, 0.25) is 0 Å². The Hall–Kier alpha value is -0.160. The summed E-state index contributed by atoms with van der Waals surface area (Å²) in [6, 6.07) is 8.35. The van der Waals surface area contributed by atoms with Crippen molar-refractivity contribution in [3.05, 3.63) is 54.1 Å². The molecule has 2 rings (SSSR count). The summed E-state index contributed by atoms with van der Waals surface area (Å²) < 4.78 is 2.23. The molecule has 0 fully saturated rings. The largest absolute Gasteiger partial charge is 0.320 e. The van der Waals surface area contributed by atoms with Crippen LogP contribution < -0.4 is 5.73 Å². The van der Waals surface area contributed by atoms with E-state index < -0.39 is 0 Å². The Balaban J connectivity index is 2.42. The fraction of sp³-hybridized carbons (Fsp3) is 0.231. The number of benzene rings is 1. The molecule has 1 heterocycles. The molecule has 1 atom stereocenters. The Labute approximate surface area is 122 Å². The molecule has 1 aromatic heterocycles. The lowest BCUT2D eigenvalue weighted by atomic mass is 10.0. The average Bonchev–Trinajstić information content (AvgIpc) is 2.62. The van der Waals surface area contributed by atoms with E-state index in [0.717, 1.165) is 13.8 Å². The molecule has 1 aromatic carbocycles. The van der Waals surface area contributed by atoms with Gasteiger partial charge >= 0.3 is 0 Å². The van der Waals surface area contributed by atoms with Gasteiger partial charge in [0.15, 0.2) is 0 Å². The molecule has 0 saturated carbocycles. The highest BCUT2D eigenvalue weighted by Crippen LogP contribution is 2.35. The van der Waals surface area contributed by atoms with E-state index in [2.05, 4.69) is 70.0 Å². The molecular weight excluding hydrogens is 362 g/mol. The molecule has 0 amide bonds. The van der Waals surface area contributed by atoms with Gasteiger partial charge in [-0.2, -0.15) is 0 Å². The van der Waals surface area contributed by atoms with Gasteiger partial charge in [-0.15, -0.1) is 11.3 Å². The molecule has 1 unspecified atom stereocenters. The van der Waals surface area contributed by atoms with Crippen molar-refractivity contribution in [3.8, 4) is 0 Å². The summed E-state index contributed by atoms with van der Waals surface area (Å²) in [5, 5.41) is 0. The van der Waals surface area contributed by atoms with E-state index in [9.17, 15) is 0 Å². The van der Waals surface area contributed by atoms with E-state index in [1.54, 1.807) is 11.3 Å². The molecule has 1 nitrogen and oxygen atoms in total. The first-order valence-electron chi connectivity index (χ1n) is 5.26. The summed E-state index contributed by atoms with van der Waals surface area (Å²) in [7, 11) is 0. The maximum Gasteiger partial charge on any atom is 0.0731 e. The van der Waals surface area contributed by atoms with Gasteiger partial charge in [0.2, 0.25) is 0 Å². The van der Waals surface area contributed by atoms with Crippen LogP contribution in [0, 0.1) is 13.8 Å². The van der Waals surface area contributed by atoms with E-state index in [-0.39, 0.29) is 6.04 Å². The molecule has 2 N–H and O–H groups in total. The molecule has 17 heavy (non-hydrogen) atoms. The second-order valence-electron chi connectivity index (χ2n) is 4.11. The first-order chi connectivity index (χ1) is 7.99. The van der Waals surface area contributed by atoms with Crippen LogP contribution in [0.1, 0.15) is 27.6 Å². The average molecular weight is 375 g/mol. The van der Waals surface area contributed by atoms with Crippen molar-refractivity contribution < 1.29 is 0 Å². The second-order valence-corrected chi connectivity index (χ2v) is 7.36. The van der Waals surface area contributed by atoms with Crippen LogP contribution in [0.3, 0.4) is 0 Å². The third kappa shape index (κ3) is 2.81. The molecule has 0 saturated heterocycles. The summed E-state index contributed by atoms with van der Waals surface area (Å²) in [5.41, 5.74) is 9.93. The Morgan fingerprint density at radius 2 is 1.88 bits per heavy atom. The van der Waals surface area contributed by atoms with Crippen molar-refractivity contribution >= 4 is 43.2 Å². The van der Waals surface area contributed by atoms with Gasteiger partial charge in [0.05, 0.1) is 9.83 Å². The van der Waals surface area contributed by atoms with Gasteiger partial charge < -0.3 is 5.73 Å². The Kier molecular flexibility index (Phi) is 4.08. The molecule has 4 heteroatoms. The van der Waals surface area contributed by atoms with Crippen molar-refractivity contribution in [1.82, 2.24) is 0 Å². The minimum Gasteiger partial charge on any atom is -0.320 e. The summed E-state index contributed by atoms with van der Waals surface area (Å²) in [6.45, 7) is 4.17. The topological polar surface area (TPSA) is 26.0 Å². The molecule has 0 bridgehead atoms. The number of thiophene rings is 1. The molecule has 0 aliphatic rings. The molecular formula is C13H13Br2NS. The van der Waals surface area contributed by atoms with Crippen LogP contribution in [0.4, 0.5) is 0 Å². The van der Waals surface area contributed by atoms with E-state index in [0.29, 0.717) is 0 Å². The van der Waals surface area contributed by atoms with Gasteiger partial charge in [0, 0.05) is 9.35 Å². The smallest absolute Gasteiger partial charge is 0.0731 e. The number of halogens is 2. The van der Waals surface area contributed by atoms with E-state index in [4.69, 9.17) is 5.73 Å². The van der Waals surface area contributed by atoms with E-state index >= 15 is 0 Å². The maximum absolute atomic E-state index is 6.33. The molecule has 0 aliphatic carbocycles. The van der Waals surface area contributed by atoms with Gasteiger partial charge in [-0.25, -0.2) is 0 Å². The number of aryl methyl sites for hydroxylation is 2. The minimum atomic E-state index is -0.0701. The normalized spacial score (nSPS) is 12.8. The summed E-state index contributed by atoms with van der Waals surface area (Å²) in [5.74, 6) is 0. The van der Waals surface area contributed by atoms with Crippen molar-refractivity contribution in [3.63, 3.8) is 0 Å². The minimum absolute atomic E-state index is 0.0701. The second kappa shape index (κ2) is 5.22. The monoisotopic (exact) mass is 373 g/mol. The van der Waals surface area contributed by atoms with Crippen LogP contribution in [-0.2, 0) is 0 Å². The summed E-state index contributed by atoms with van der Waals surface area (Å²) in [4.78, 5) is 1.18. The molecule has 0 spiro atoms. The van der Waals surface area contributed by atoms with Crippen molar-refractivity contribution in [2.24, 2.45) is 5.73 Å². The quantitative estimate of drug-likeness (QED) is 0.791. The molecule has 2 aromatic rings. The van der Waals surface area contributed by atoms with Gasteiger partial charge in [0.1, 0.15) is 0 Å². The lowest BCUT2D eigenvalue weighted by Crippen LogP contribution is -2.11. The highest BCUT2D eigenvalue weighted by Gasteiger charge is 2.15. The third-order valence-corrected chi connectivity index (χ3v) is 5.61. The Morgan fingerprint density at radius 3 is 2.47 bits per heavy atom. The molecule has 0 aliphatic heterocycles. The van der Waals surface area contributed by atoms with Crippen molar-refractivity contribution in [2.75, 3.05) is 0 Å². The van der Waals surface area contributed by atoms with Gasteiger partial charge in [0.25, 0.3) is 0 Å². The number of rotatable bonds is 2. The zero-order chi connectivity index (χ0) is 12.6. The van der Waals surface area contributed by atoms with Crippen LogP contribution in [0.15, 0.2) is 32.5 Å². The predicted octanol–water partition coefficient (Wildman–Crippen LogP) is 4.94. The zero-order valence-electron chi connectivity index (χ0n) is 9.63. The van der Waals surface area contributed by atoms with Crippen molar-refractivity contribution in [2.45, 2.75) is 19.9 Å². The fourth-order valence-corrected chi connectivity index (χ4v) is 3.78. The first-order valence-corrected chi connectivity index (χ1v) is 7.66. The predicted molar refractivity (Wildman–Crippen MR) is 81.7 cm³/mol. The number of hydrogen-bond acceptors (Lipinski definition) is 2. The van der Waals surface area contributed by atoms with Gasteiger partial charge in [-0.05, 0) is 53.0 Å². The van der Waals surface area contributed by atoms with E-state index in [1.165, 1.54) is 16.0 Å². The number of nitrogens with two attached hydrogens (primary N) is 1. The lowest BCUT2D eigenvalue weighted by molar-refractivity contribution is 0.884. The fourth-order valence-electron chi connectivity index (χ4n) is 1.69. The van der Waals surface area contributed by atoms with Crippen LogP contribution in [0.25, 0.3) is 0 Å². The number of hydrogen-bond donors (Lipinski definition) is 1. The van der Waals surface area contributed by atoms with Crippen LogP contribution in [-0.4, -0.2) is 0 Å². The maximum atomic E-state index is 6.33. The lowest BCUT2D eigenvalue weighted by Gasteiger charge is -2.13. The summed E-state index contributed by atoms with van der Waals surface area (Å²) >= 11 is 8.81. The van der Waals surface area contributed by atoms with Crippen LogP contribution >= 0.6 is 43.2 Å². The Morgan fingerprint density at radius 1 is 1.18 bits per heavy atom. The van der Waals surface area contributed by atoms with Crippen LogP contribution in [0.5, 0.6) is 0 Å². The summed E-state index contributed by atoms with van der Waals surface area (Å²) in [6.07, 6.45) is 0. The standard InChI is InChI=1S/C13H13Br2NS/c1-7-3-4-10(14)9(5-7)12(16)11-6-8(2)13(15)17-11/h3-6,12H,16H2,1-2H3. The Bertz CT molecular complexity index is 529. The third-order valence-electron chi connectivity index (χ3n) is 2.67. The first kappa shape index (κ1) is 13.3. The highest BCUT2D eigenvalue weighted by atomic mass is 79.9. The highest BCUT2D eigenvalue weighted by molar-refractivity contribution is 9.11. The zero-order valence-corrected chi connectivity index (χ0v) is 13.6. The molecule has 90 valence electrons. The molecule has 0 radical (unpaired) electrons. The van der Waals surface area contributed by atoms with Gasteiger partial charge in [-0.1, -0.05) is 33.6 Å².